The number of piperidine rings is 1. The minimum atomic E-state index is 0.226. The zero-order valence-electron chi connectivity index (χ0n) is 21.3. The highest BCUT2D eigenvalue weighted by molar-refractivity contribution is 5.76. The molecule has 0 aliphatic carbocycles. The third-order valence-electron chi connectivity index (χ3n) is 7.45. The summed E-state index contributed by atoms with van der Waals surface area (Å²) < 4.78 is 27.6. The maximum absolute atomic E-state index is 13.0. The van der Waals surface area contributed by atoms with Crippen LogP contribution in [0.1, 0.15) is 36.8 Å². The minimum Gasteiger partial charge on any atom is -0.493 e. The Morgan fingerprint density at radius 1 is 1.03 bits per heavy atom. The highest BCUT2D eigenvalue weighted by atomic mass is 16.7. The number of carbonyl (C=O) groups excluding carboxylic acids is 1. The maximum Gasteiger partial charge on any atom is 0.231 e. The van der Waals surface area contributed by atoms with Crippen LogP contribution < -0.4 is 23.7 Å². The molecule has 3 heterocycles. The van der Waals surface area contributed by atoms with Crippen molar-refractivity contribution in [2.24, 2.45) is 5.92 Å². The summed E-state index contributed by atoms with van der Waals surface area (Å²) in [5.41, 5.74) is 2.38. The van der Waals surface area contributed by atoms with Crippen molar-refractivity contribution in [2.75, 3.05) is 53.8 Å². The Balaban J connectivity index is 1.06. The van der Waals surface area contributed by atoms with Gasteiger partial charge in [0.2, 0.25) is 12.7 Å². The van der Waals surface area contributed by atoms with Crippen molar-refractivity contribution in [1.82, 2.24) is 9.80 Å². The van der Waals surface area contributed by atoms with E-state index in [0.717, 1.165) is 67.6 Å². The molecule has 2 aromatic carbocycles. The van der Waals surface area contributed by atoms with Gasteiger partial charge in [0.05, 0.1) is 20.8 Å². The summed E-state index contributed by atoms with van der Waals surface area (Å²) in [6.07, 6.45) is 4.79. The number of hydrogen-bond donors (Lipinski definition) is 0. The highest BCUT2D eigenvalue weighted by Gasteiger charge is 2.25. The van der Waals surface area contributed by atoms with Gasteiger partial charge in [-0.1, -0.05) is 0 Å². The third kappa shape index (κ3) is 5.64. The van der Waals surface area contributed by atoms with Gasteiger partial charge in [-0.3, -0.25) is 4.79 Å². The summed E-state index contributed by atoms with van der Waals surface area (Å²) in [5, 5.41) is 0. The van der Waals surface area contributed by atoms with E-state index < -0.39 is 0 Å². The molecule has 5 rings (SSSR count). The largest absolute Gasteiger partial charge is 0.493 e. The Labute approximate surface area is 213 Å². The molecule has 1 amide bonds. The van der Waals surface area contributed by atoms with Crippen LogP contribution in [-0.4, -0.2) is 69.5 Å². The van der Waals surface area contributed by atoms with Crippen LogP contribution in [0.3, 0.4) is 0 Å². The second-order valence-electron chi connectivity index (χ2n) is 9.75. The van der Waals surface area contributed by atoms with Crippen LogP contribution in [0, 0.1) is 5.92 Å². The first-order valence-electron chi connectivity index (χ1n) is 12.9. The molecule has 1 atom stereocenters. The van der Waals surface area contributed by atoms with Crippen LogP contribution in [0.4, 0.5) is 0 Å². The molecule has 0 aromatic heterocycles. The molecule has 1 saturated heterocycles. The lowest BCUT2D eigenvalue weighted by molar-refractivity contribution is -0.132. The maximum atomic E-state index is 13.0. The number of methoxy groups -OCH3 is 2. The van der Waals surface area contributed by atoms with E-state index in [9.17, 15) is 4.79 Å². The number of rotatable bonds is 9. The summed E-state index contributed by atoms with van der Waals surface area (Å²) in [6.45, 7) is 5.24. The van der Waals surface area contributed by atoms with E-state index in [1.165, 1.54) is 18.4 Å². The Hall–Kier alpha value is -3.13. The highest BCUT2D eigenvalue weighted by Crippen LogP contribution is 2.35. The summed E-state index contributed by atoms with van der Waals surface area (Å²) in [4.78, 5) is 17.4. The Morgan fingerprint density at radius 2 is 1.83 bits per heavy atom. The molecular formula is C28H36N2O6. The first kappa shape index (κ1) is 24.6. The minimum absolute atomic E-state index is 0.226. The molecule has 0 N–H and O–H groups in total. The van der Waals surface area contributed by atoms with Crippen LogP contribution in [0.2, 0.25) is 0 Å². The fourth-order valence-corrected chi connectivity index (χ4v) is 5.41. The standard InChI is InChI=1S/C28H36N2O6/c1-32-25-14-21-7-12-30(18-22(21)15-26(25)33-2)28(31)8-11-29-10-3-4-20(17-29)9-13-34-23-5-6-24-27(16-23)36-19-35-24/h5-6,14-16,20H,3-4,7-13,17-19H2,1-2H3. The summed E-state index contributed by atoms with van der Waals surface area (Å²) in [7, 11) is 3.30. The van der Waals surface area contributed by atoms with Gasteiger partial charge in [-0.2, -0.15) is 0 Å². The number of likely N-dealkylation sites (tertiary alicyclic amines) is 1. The fraction of sp³-hybridized carbons (Fsp3) is 0.536. The van der Waals surface area contributed by atoms with Crippen molar-refractivity contribution >= 4 is 5.91 Å². The predicted octanol–water partition coefficient (Wildman–Crippen LogP) is 3.89. The van der Waals surface area contributed by atoms with Crippen LogP contribution >= 0.6 is 0 Å². The van der Waals surface area contributed by atoms with Gasteiger partial charge >= 0.3 is 0 Å². The molecule has 1 fully saturated rings. The summed E-state index contributed by atoms with van der Waals surface area (Å²) in [5.74, 6) is 4.61. The van der Waals surface area contributed by atoms with E-state index in [1.54, 1.807) is 14.2 Å². The Morgan fingerprint density at radius 3 is 2.67 bits per heavy atom. The number of fused-ring (bicyclic) bond motifs is 2. The summed E-state index contributed by atoms with van der Waals surface area (Å²) >= 11 is 0. The van der Waals surface area contributed by atoms with Gasteiger partial charge in [0, 0.05) is 38.7 Å². The fourth-order valence-electron chi connectivity index (χ4n) is 5.41. The topological polar surface area (TPSA) is 69.7 Å². The lowest BCUT2D eigenvalue weighted by Gasteiger charge is -2.34. The zero-order chi connectivity index (χ0) is 24.9. The van der Waals surface area contributed by atoms with Gasteiger partial charge in [0.1, 0.15) is 5.75 Å². The van der Waals surface area contributed by atoms with Crippen molar-refractivity contribution < 1.29 is 28.5 Å². The van der Waals surface area contributed by atoms with Crippen LogP contribution in [0.15, 0.2) is 30.3 Å². The summed E-state index contributed by atoms with van der Waals surface area (Å²) in [6, 6.07) is 9.77. The predicted molar refractivity (Wildman–Crippen MR) is 135 cm³/mol. The van der Waals surface area contributed by atoms with Crippen molar-refractivity contribution in [1.29, 1.82) is 0 Å². The van der Waals surface area contributed by atoms with Gasteiger partial charge in [-0.05, 0) is 73.5 Å². The molecule has 0 radical (unpaired) electrons. The first-order chi connectivity index (χ1) is 17.6. The smallest absolute Gasteiger partial charge is 0.231 e. The van der Waals surface area contributed by atoms with Crippen LogP contribution in [0.25, 0.3) is 0 Å². The lowest BCUT2D eigenvalue weighted by atomic mass is 9.95. The molecule has 8 heteroatoms. The van der Waals surface area contributed by atoms with Crippen LogP contribution in [0.5, 0.6) is 28.7 Å². The quantitative estimate of drug-likeness (QED) is 0.522. The van der Waals surface area contributed by atoms with Crippen molar-refractivity contribution in [3.05, 3.63) is 41.5 Å². The number of amides is 1. The molecule has 36 heavy (non-hydrogen) atoms. The van der Waals surface area contributed by atoms with Crippen molar-refractivity contribution in [3.63, 3.8) is 0 Å². The van der Waals surface area contributed by atoms with Crippen LogP contribution in [-0.2, 0) is 17.8 Å². The lowest BCUT2D eigenvalue weighted by Crippen LogP contribution is -2.40. The van der Waals surface area contributed by atoms with Gasteiger partial charge in [-0.25, -0.2) is 0 Å². The molecule has 1 unspecified atom stereocenters. The van der Waals surface area contributed by atoms with E-state index >= 15 is 0 Å². The Kier molecular flexibility index (Phi) is 7.70. The van der Waals surface area contributed by atoms with Gasteiger partial charge in [0.25, 0.3) is 0 Å². The molecule has 8 nitrogen and oxygen atoms in total. The van der Waals surface area contributed by atoms with E-state index in [-0.39, 0.29) is 12.7 Å². The van der Waals surface area contributed by atoms with E-state index in [2.05, 4.69) is 4.90 Å². The average Bonchev–Trinajstić information content (AvgIpc) is 3.39. The van der Waals surface area contributed by atoms with Crippen molar-refractivity contribution in [2.45, 2.75) is 38.6 Å². The molecular weight excluding hydrogens is 460 g/mol. The molecule has 3 aliphatic rings. The second-order valence-corrected chi connectivity index (χ2v) is 9.75. The molecule has 0 bridgehead atoms. The van der Waals surface area contributed by atoms with E-state index in [1.807, 2.05) is 35.2 Å². The number of carbonyl (C=O) groups is 1. The van der Waals surface area contributed by atoms with E-state index in [0.29, 0.717) is 31.2 Å². The molecule has 0 saturated carbocycles. The second kappa shape index (κ2) is 11.3. The van der Waals surface area contributed by atoms with Gasteiger partial charge < -0.3 is 33.5 Å². The number of nitrogens with zero attached hydrogens (tertiary/aromatic N) is 2. The van der Waals surface area contributed by atoms with Crippen molar-refractivity contribution in [3.8, 4) is 28.7 Å². The first-order valence-corrected chi connectivity index (χ1v) is 12.9. The SMILES string of the molecule is COc1cc2c(cc1OC)CN(C(=O)CCN1CCCC(CCOc3ccc4c(c3)OCO4)C1)CC2. The molecule has 3 aliphatic heterocycles. The Bertz CT molecular complexity index is 1070. The monoisotopic (exact) mass is 496 g/mol. The zero-order valence-corrected chi connectivity index (χ0v) is 21.3. The molecule has 0 spiro atoms. The van der Waals surface area contributed by atoms with Gasteiger partial charge in [-0.15, -0.1) is 0 Å². The number of ether oxygens (including phenoxy) is 5. The molecule has 2 aromatic rings. The van der Waals surface area contributed by atoms with E-state index in [4.69, 9.17) is 23.7 Å². The normalized spacial score (nSPS) is 19.1. The van der Waals surface area contributed by atoms with Gasteiger partial charge in [0.15, 0.2) is 23.0 Å². The molecule has 194 valence electrons. The average molecular weight is 497 g/mol. The third-order valence-corrected chi connectivity index (χ3v) is 7.45. The number of hydrogen-bond acceptors (Lipinski definition) is 7. The number of benzene rings is 2.